The third-order valence-electron chi connectivity index (χ3n) is 3.76. The Hall–Kier alpha value is -2.99. The number of cyclic esters (lactones) is 2. The van der Waals surface area contributed by atoms with Crippen LogP contribution in [-0.2, 0) is 4.74 Å². The van der Waals surface area contributed by atoms with Crippen molar-refractivity contribution >= 4 is 35.3 Å². The van der Waals surface area contributed by atoms with E-state index in [1.54, 1.807) is 36.4 Å². The van der Waals surface area contributed by atoms with Crippen LogP contribution in [0.2, 0.25) is 0 Å². The molecule has 24 heavy (non-hydrogen) atoms. The summed E-state index contributed by atoms with van der Waals surface area (Å²) in [6.07, 6.45) is 2.52. The SMILES string of the molecule is O=C1C=CC(=O)c2cc(Sc3ccc4c(c3)C(=O)OC4=O)ccc21. The molecule has 1 aliphatic carbocycles. The first-order chi connectivity index (χ1) is 11.5. The summed E-state index contributed by atoms with van der Waals surface area (Å²) in [6, 6.07) is 9.84. The summed E-state index contributed by atoms with van der Waals surface area (Å²) in [7, 11) is 0. The lowest BCUT2D eigenvalue weighted by Gasteiger charge is -2.10. The van der Waals surface area contributed by atoms with Gasteiger partial charge in [0.2, 0.25) is 0 Å². The minimum Gasteiger partial charge on any atom is -0.386 e. The zero-order valence-electron chi connectivity index (χ0n) is 12.1. The largest absolute Gasteiger partial charge is 0.386 e. The number of allylic oxidation sites excluding steroid dienone is 2. The summed E-state index contributed by atoms with van der Waals surface area (Å²) in [5.41, 5.74) is 1.23. The summed E-state index contributed by atoms with van der Waals surface area (Å²) < 4.78 is 4.56. The summed E-state index contributed by atoms with van der Waals surface area (Å²) in [5, 5.41) is 0. The van der Waals surface area contributed by atoms with Crippen molar-refractivity contribution in [3.63, 3.8) is 0 Å². The van der Waals surface area contributed by atoms with Crippen molar-refractivity contribution in [2.45, 2.75) is 9.79 Å². The van der Waals surface area contributed by atoms with Gasteiger partial charge in [0.15, 0.2) is 11.6 Å². The van der Waals surface area contributed by atoms with Gasteiger partial charge in [0.25, 0.3) is 0 Å². The number of fused-ring (bicyclic) bond motifs is 2. The second-order valence-corrected chi connectivity index (χ2v) is 6.40. The molecule has 0 saturated heterocycles. The fourth-order valence-electron chi connectivity index (χ4n) is 2.60. The van der Waals surface area contributed by atoms with E-state index in [2.05, 4.69) is 4.74 Å². The number of carbonyl (C=O) groups excluding carboxylic acids is 4. The second kappa shape index (κ2) is 5.28. The van der Waals surface area contributed by atoms with Gasteiger partial charge in [-0.2, -0.15) is 0 Å². The minimum atomic E-state index is -0.659. The van der Waals surface area contributed by atoms with Crippen molar-refractivity contribution in [2.75, 3.05) is 0 Å². The first-order valence-corrected chi connectivity index (χ1v) is 7.84. The highest BCUT2D eigenvalue weighted by Crippen LogP contribution is 2.33. The van der Waals surface area contributed by atoms with Crippen LogP contribution in [0.25, 0.3) is 0 Å². The molecule has 0 radical (unpaired) electrons. The molecule has 1 heterocycles. The van der Waals surface area contributed by atoms with E-state index in [1.165, 1.54) is 23.9 Å². The Labute approximate surface area is 140 Å². The van der Waals surface area contributed by atoms with Crippen molar-refractivity contribution in [2.24, 2.45) is 0 Å². The molecule has 2 aromatic rings. The Bertz CT molecular complexity index is 987. The first-order valence-electron chi connectivity index (χ1n) is 7.02. The van der Waals surface area contributed by atoms with E-state index < -0.39 is 11.9 Å². The molecule has 4 rings (SSSR count). The van der Waals surface area contributed by atoms with Crippen LogP contribution in [0.3, 0.4) is 0 Å². The molecule has 1 aliphatic heterocycles. The minimum absolute atomic E-state index is 0.195. The zero-order valence-corrected chi connectivity index (χ0v) is 12.9. The van der Waals surface area contributed by atoms with Gasteiger partial charge in [-0.15, -0.1) is 0 Å². The second-order valence-electron chi connectivity index (χ2n) is 5.26. The van der Waals surface area contributed by atoms with Crippen molar-refractivity contribution in [1.29, 1.82) is 0 Å². The molecule has 0 bridgehead atoms. The van der Waals surface area contributed by atoms with Gasteiger partial charge >= 0.3 is 11.9 Å². The van der Waals surface area contributed by atoms with Gasteiger partial charge in [-0.1, -0.05) is 11.8 Å². The highest BCUT2D eigenvalue weighted by molar-refractivity contribution is 7.99. The van der Waals surface area contributed by atoms with Gasteiger partial charge in [0.05, 0.1) is 11.1 Å². The number of carbonyl (C=O) groups is 4. The summed E-state index contributed by atoms with van der Waals surface area (Å²) in [6.45, 7) is 0. The van der Waals surface area contributed by atoms with Crippen LogP contribution in [0.1, 0.15) is 41.4 Å². The van der Waals surface area contributed by atoms with E-state index in [1.807, 2.05) is 0 Å². The third-order valence-corrected chi connectivity index (χ3v) is 4.74. The molecule has 0 aromatic heterocycles. The molecule has 5 nitrogen and oxygen atoms in total. The zero-order chi connectivity index (χ0) is 16.8. The molecule has 2 aromatic carbocycles. The normalized spacial score (nSPS) is 15.3. The van der Waals surface area contributed by atoms with Crippen LogP contribution >= 0.6 is 11.8 Å². The van der Waals surface area contributed by atoms with E-state index in [9.17, 15) is 19.2 Å². The van der Waals surface area contributed by atoms with Gasteiger partial charge in [0, 0.05) is 20.9 Å². The number of hydrogen-bond donors (Lipinski definition) is 0. The fraction of sp³-hybridized carbons (Fsp3) is 0. The summed E-state index contributed by atoms with van der Waals surface area (Å²) in [4.78, 5) is 48.2. The molecule has 0 atom stereocenters. The Kier molecular flexibility index (Phi) is 3.21. The standard InChI is InChI=1S/C18H8O5S/c19-15-5-6-16(20)13-7-9(1-3-11(13)15)24-10-2-4-12-14(8-10)18(22)23-17(12)21/h1-8H. The van der Waals surface area contributed by atoms with E-state index >= 15 is 0 Å². The molecular formula is C18H8O5S. The topological polar surface area (TPSA) is 77.5 Å². The number of benzene rings is 2. The van der Waals surface area contributed by atoms with E-state index in [0.29, 0.717) is 11.1 Å². The molecule has 0 amide bonds. The first kappa shape index (κ1) is 14.6. The number of ketones is 2. The third kappa shape index (κ3) is 2.28. The lowest BCUT2D eigenvalue weighted by molar-refractivity contribution is 0.0443. The van der Waals surface area contributed by atoms with Crippen LogP contribution in [0.4, 0.5) is 0 Å². The smallest absolute Gasteiger partial charge is 0.346 e. The van der Waals surface area contributed by atoms with Gasteiger partial charge in [0.1, 0.15) is 0 Å². The molecule has 0 N–H and O–H groups in total. The monoisotopic (exact) mass is 336 g/mol. The van der Waals surface area contributed by atoms with Crippen molar-refractivity contribution in [3.05, 3.63) is 70.8 Å². The Morgan fingerprint density at radius 3 is 1.88 bits per heavy atom. The van der Waals surface area contributed by atoms with Crippen molar-refractivity contribution < 1.29 is 23.9 Å². The maximum absolute atomic E-state index is 11.9. The van der Waals surface area contributed by atoms with Gasteiger partial charge in [-0.05, 0) is 48.6 Å². The van der Waals surface area contributed by atoms with Crippen LogP contribution in [0.15, 0.2) is 58.3 Å². The molecule has 0 fully saturated rings. The lowest BCUT2D eigenvalue weighted by Crippen LogP contribution is -2.11. The molecule has 2 aliphatic rings. The molecule has 0 spiro atoms. The quantitative estimate of drug-likeness (QED) is 0.619. The number of hydrogen-bond acceptors (Lipinski definition) is 6. The van der Waals surface area contributed by atoms with Gasteiger partial charge in [-0.3, -0.25) is 9.59 Å². The highest BCUT2D eigenvalue weighted by atomic mass is 32.2. The predicted octanol–water partition coefficient (Wildman–Crippen LogP) is 3.08. The van der Waals surface area contributed by atoms with Crippen molar-refractivity contribution in [3.8, 4) is 0 Å². The summed E-state index contributed by atoms with van der Waals surface area (Å²) in [5.74, 6) is -1.71. The molecule has 116 valence electrons. The van der Waals surface area contributed by atoms with Crippen LogP contribution in [0, 0.1) is 0 Å². The Morgan fingerprint density at radius 2 is 1.17 bits per heavy atom. The van der Waals surface area contributed by atoms with Gasteiger partial charge in [-0.25, -0.2) is 9.59 Å². The van der Waals surface area contributed by atoms with Crippen molar-refractivity contribution in [1.82, 2.24) is 0 Å². The lowest BCUT2D eigenvalue weighted by atomic mass is 9.95. The number of esters is 2. The molecule has 0 unspecified atom stereocenters. The van der Waals surface area contributed by atoms with Crippen LogP contribution in [0.5, 0.6) is 0 Å². The Balaban J connectivity index is 1.68. The molecular weight excluding hydrogens is 328 g/mol. The average Bonchev–Trinajstić information content (AvgIpc) is 2.85. The van der Waals surface area contributed by atoms with Crippen LogP contribution in [-0.4, -0.2) is 23.5 Å². The Morgan fingerprint density at radius 1 is 0.625 bits per heavy atom. The number of ether oxygens (including phenoxy) is 1. The molecule has 0 saturated carbocycles. The van der Waals surface area contributed by atoms with E-state index in [4.69, 9.17) is 0 Å². The fourth-order valence-corrected chi connectivity index (χ4v) is 3.50. The predicted molar refractivity (Wildman–Crippen MR) is 84.6 cm³/mol. The maximum atomic E-state index is 11.9. The number of rotatable bonds is 2. The van der Waals surface area contributed by atoms with E-state index in [0.717, 1.165) is 9.79 Å². The van der Waals surface area contributed by atoms with Gasteiger partial charge < -0.3 is 4.74 Å². The summed E-state index contributed by atoms with van der Waals surface area (Å²) >= 11 is 1.33. The maximum Gasteiger partial charge on any atom is 0.346 e. The van der Waals surface area contributed by atoms with E-state index in [-0.39, 0.29) is 22.7 Å². The highest BCUT2D eigenvalue weighted by Gasteiger charge is 2.29. The van der Waals surface area contributed by atoms with Crippen LogP contribution < -0.4 is 0 Å². The molecule has 6 heteroatoms. The average molecular weight is 336 g/mol.